The molecule has 3 heterocycles. The number of pyridine rings is 1. The number of aromatic nitrogens is 1. The minimum Gasteiger partial charge on any atom is -0.379 e. The lowest BCUT2D eigenvalue weighted by Gasteiger charge is -2.40. The van der Waals surface area contributed by atoms with Gasteiger partial charge in [-0.2, -0.15) is 0 Å². The van der Waals surface area contributed by atoms with Gasteiger partial charge >= 0.3 is 0 Å². The van der Waals surface area contributed by atoms with Crippen LogP contribution in [0.1, 0.15) is 24.4 Å². The van der Waals surface area contributed by atoms with E-state index in [-0.39, 0.29) is 24.5 Å². The van der Waals surface area contributed by atoms with Crippen LogP contribution in [0.5, 0.6) is 0 Å². The highest BCUT2D eigenvalue weighted by molar-refractivity contribution is 5.86. The van der Waals surface area contributed by atoms with Gasteiger partial charge in [0.15, 0.2) is 6.10 Å². The first-order chi connectivity index (χ1) is 13.2. The van der Waals surface area contributed by atoms with Crippen molar-refractivity contribution in [2.45, 2.75) is 31.0 Å². The zero-order valence-corrected chi connectivity index (χ0v) is 15.4. The molecule has 8 nitrogen and oxygen atoms in total. The fraction of sp³-hybridized carbons (Fsp3) is 0.632. The van der Waals surface area contributed by atoms with Crippen molar-refractivity contribution in [3.05, 3.63) is 30.1 Å². The molecule has 3 aliphatic rings. The second kappa shape index (κ2) is 8.33. The van der Waals surface area contributed by atoms with Crippen molar-refractivity contribution >= 4 is 11.8 Å². The Morgan fingerprint density at radius 3 is 2.81 bits per heavy atom. The summed E-state index contributed by atoms with van der Waals surface area (Å²) in [5, 5.41) is 2.99. The third kappa shape index (κ3) is 4.28. The van der Waals surface area contributed by atoms with Crippen LogP contribution in [-0.2, 0) is 19.1 Å². The second-order valence-corrected chi connectivity index (χ2v) is 7.24. The van der Waals surface area contributed by atoms with Gasteiger partial charge in [0.2, 0.25) is 5.91 Å². The Hall–Kier alpha value is -2.03. The third-order valence-corrected chi connectivity index (χ3v) is 5.32. The first-order valence-corrected chi connectivity index (χ1v) is 9.64. The van der Waals surface area contributed by atoms with Crippen LogP contribution in [0.2, 0.25) is 0 Å². The van der Waals surface area contributed by atoms with Crippen molar-refractivity contribution in [1.29, 1.82) is 0 Å². The van der Waals surface area contributed by atoms with E-state index in [1.165, 1.54) is 0 Å². The molecule has 8 heteroatoms. The molecule has 1 saturated carbocycles. The molecule has 1 aromatic rings. The number of carbonyl (C=O) groups is 2. The summed E-state index contributed by atoms with van der Waals surface area (Å²) in [6, 6.07) is 3.52. The van der Waals surface area contributed by atoms with Gasteiger partial charge in [-0.25, -0.2) is 0 Å². The monoisotopic (exact) mass is 374 g/mol. The summed E-state index contributed by atoms with van der Waals surface area (Å²) in [5.41, 5.74) is 0.839. The zero-order valence-electron chi connectivity index (χ0n) is 15.4. The summed E-state index contributed by atoms with van der Waals surface area (Å²) < 4.78 is 11.0. The molecule has 0 aromatic carbocycles. The van der Waals surface area contributed by atoms with E-state index in [9.17, 15) is 9.59 Å². The summed E-state index contributed by atoms with van der Waals surface area (Å²) in [4.78, 5) is 33.6. The number of carbonyl (C=O) groups excluding carboxylic acids is 2. The molecule has 0 unspecified atom stereocenters. The standard InChI is InChI=1S/C19H26N4O4/c24-16-13-27-18(19(25)21-6-7-22-8-10-26-11-9-22)17(23(16)15-3-4-15)14-2-1-5-20-12-14/h1-2,5,12,15,17-18H,3-4,6-11,13H2,(H,21,25)/t17-,18+/m1/s1. The molecule has 1 aromatic heterocycles. The lowest BCUT2D eigenvalue weighted by molar-refractivity contribution is -0.165. The summed E-state index contributed by atoms with van der Waals surface area (Å²) in [6.45, 7) is 4.54. The average molecular weight is 374 g/mol. The van der Waals surface area contributed by atoms with Crippen molar-refractivity contribution in [2.75, 3.05) is 46.0 Å². The Balaban J connectivity index is 1.44. The predicted octanol–water partition coefficient (Wildman–Crippen LogP) is -0.0391. The molecular weight excluding hydrogens is 348 g/mol. The van der Waals surface area contributed by atoms with Crippen LogP contribution in [0.25, 0.3) is 0 Å². The molecule has 2 saturated heterocycles. The van der Waals surface area contributed by atoms with Crippen molar-refractivity contribution in [3.63, 3.8) is 0 Å². The predicted molar refractivity (Wildman–Crippen MR) is 96.9 cm³/mol. The molecule has 0 bridgehead atoms. The highest BCUT2D eigenvalue weighted by Crippen LogP contribution is 2.39. The van der Waals surface area contributed by atoms with E-state index < -0.39 is 12.1 Å². The van der Waals surface area contributed by atoms with Gasteiger partial charge in [-0.05, 0) is 24.5 Å². The largest absolute Gasteiger partial charge is 0.379 e. The number of rotatable bonds is 6. The number of hydrogen-bond donors (Lipinski definition) is 1. The highest BCUT2D eigenvalue weighted by Gasteiger charge is 2.47. The second-order valence-electron chi connectivity index (χ2n) is 7.24. The SMILES string of the molecule is O=C(NCCN1CCOCC1)[C@H]1OCC(=O)N(C2CC2)[C@@H]1c1cccnc1. The molecular formula is C19H26N4O4. The Morgan fingerprint density at radius 1 is 1.30 bits per heavy atom. The minimum atomic E-state index is -0.711. The molecule has 2 atom stereocenters. The number of nitrogens with zero attached hydrogens (tertiary/aromatic N) is 3. The first kappa shape index (κ1) is 18.3. The van der Waals surface area contributed by atoms with Gasteiger partial charge in [0.25, 0.3) is 5.91 Å². The van der Waals surface area contributed by atoms with Crippen molar-refractivity contribution in [1.82, 2.24) is 20.1 Å². The summed E-state index contributed by atoms with van der Waals surface area (Å²) in [5.74, 6) is -0.223. The van der Waals surface area contributed by atoms with Crippen LogP contribution < -0.4 is 5.32 Å². The highest BCUT2D eigenvalue weighted by atomic mass is 16.5. The normalized spacial score (nSPS) is 26.8. The van der Waals surface area contributed by atoms with Gasteiger partial charge in [0.05, 0.1) is 19.3 Å². The zero-order chi connectivity index (χ0) is 18.6. The van der Waals surface area contributed by atoms with Gasteiger partial charge in [-0.1, -0.05) is 6.07 Å². The molecule has 0 radical (unpaired) electrons. The van der Waals surface area contributed by atoms with Crippen LogP contribution in [0.4, 0.5) is 0 Å². The number of ether oxygens (including phenoxy) is 2. The quantitative estimate of drug-likeness (QED) is 0.752. The molecule has 27 heavy (non-hydrogen) atoms. The summed E-state index contributed by atoms with van der Waals surface area (Å²) in [7, 11) is 0. The smallest absolute Gasteiger partial charge is 0.251 e. The van der Waals surface area contributed by atoms with Gasteiger partial charge < -0.3 is 19.7 Å². The van der Waals surface area contributed by atoms with Crippen molar-refractivity contribution in [2.24, 2.45) is 0 Å². The lowest BCUT2D eigenvalue weighted by atomic mass is 9.98. The Kier molecular flexibility index (Phi) is 5.66. The Morgan fingerprint density at radius 2 is 2.11 bits per heavy atom. The van der Waals surface area contributed by atoms with Crippen molar-refractivity contribution < 1.29 is 19.1 Å². The molecule has 2 amide bonds. The van der Waals surface area contributed by atoms with E-state index in [0.29, 0.717) is 6.54 Å². The van der Waals surface area contributed by atoms with E-state index in [1.807, 2.05) is 17.0 Å². The number of morpholine rings is 2. The van der Waals surface area contributed by atoms with Crippen LogP contribution in [0.3, 0.4) is 0 Å². The molecule has 146 valence electrons. The maximum atomic E-state index is 12.9. The maximum Gasteiger partial charge on any atom is 0.251 e. The molecule has 0 spiro atoms. The summed E-state index contributed by atoms with van der Waals surface area (Å²) >= 11 is 0. The number of nitrogens with one attached hydrogen (secondary N) is 1. The average Bonchev–Trinajstić information content (AvgIpc) is 3.54. The summed E-state index contributed by atoms with van der Waals surface area (Å²) in [6.07, 6.45) is 4.66. The van der Waals surface area contributed by atoms with E-state index in [1.54, 1.807) is 12.4 Å². The Bertz CT molecular complexity index is 661. The number of amides is 2. The molecule has 2 aliphatic heterocycles. The van der Waals surface area contributed by atoms with Crippen LogP contribution in [0.15, 0.2) is 24.5 Å². The fourth-order valence-corrected chi connectivity index (χ4v) is 3.78. The first-order valence-electron chi connectivity index (χ1n) is 9.64. The van der Waals surface area contributed by atoms with Crippen LogP contribution in [0, 0.1) is 0 Å². The van der Waals surface area contributed by atoms with Crippen LogP contribution in [-0.4, -0.2) is 84.7 Å². The third-order valence-electron chi connectivity index (χ3n) is 5.32. The molecule has 1 aliphatic carbocycles. The molecule has 3 fully saturated rings. The van der Waals surface area contributed by atoms with Crippen molar-refractivity contribution in [3.8, 4) is 0 Å². The van der Waals surface area contributed by atoms with E-state index in [4.69, 9.17) is 9.47 Å². The van der Waals surface area contributed by atoms with E-state index in [0.717, 1.165) is 51.3 Å². The van der Waals surface area contributed by atoms with Gasteiger partial charge in [-0.15, -0.1) is 0 Å². The van der Waals surface area contributed by atoms with Gasteiger partial charge in [-0.3, -0.25) is 19.5 Å². The molecule has 4 rings (SSSR count). The lowest BCUT2D eigenvalue weighted by Crippen LogP contribution is -2.55. The topological polar surface area (TPSA) is 84.0 Å². The number of hydrogen-bond acceptors (Lipinski definition) is 6. The minimum absolute atomic E-state index is 0.0468. The van der Waals surface area contributed by atoms with Gasteiger partial charge in [0, 0.05) is 44.6 Å². The van der Waals surface area contributed by atoms with Gasteiger partial charge in [0.1, 0.15) is 6.61 Å². The van der Waals surface area contributed by atoms with E-state index >= 15 is 0 Å². The Labute approximate surface area is 158 Å². The van der Waals surface area contributed by atoms with E-state index in [2.05, 4.69) is 15.2 Å². The van der Waals surface area contributed by atoms with Crippen LogP contribution >= 0.6 is 0 Å². The molecule has 1 N–H and O–H groups in total. The maximum absolute atomic E-state index is 12.9. The fourth-order valence-electron chi connectivity index (χ4n) is 3.78.